The third-order valence-corrected chi connectivity index (χ3v) is 8.12. The Morgan fingerprint density at radius 3 is 2.69 bits per heavy atom. The second kappa shape index (κ2) is 9.30. The van der Waals surface area contributed by atoms with Gasteiger partial charge in [0, 0.05) is 29.7 Å². The van der Waals surface area contributed by atoms with Crippen molar-refractivity contribution in [1.29, 1.82) is 0 Å². The van der Waals surface area contributed by atoms with Crippen molar-refractivity contribution < 1.29 is 27.4 Å². The molecule has 0 radical (unpaired) electrons. The van der Waals surface area contributed by atoms with Crippen LogP contribution in [0, 0.1) is 0 Å². The van der Waals surface area contributed by atoms with Gasteiger partial charge in [-0.2, -0.15) is 5.10 Å². The van der Waals surface area contributed by atoms with E-state index < -0.39 is 23.3 Å². The van der Waals surface area contributed by atoms with Gasteiger partial charge in [0.05, 0.1) is 36.6 Å². The van der Waals surface area contributed by atoms with E-state index in [1.54, 1.807) is 15.6 Å². The minimum atomic E-state index is -4.91. The molecule has 4 heterocycles. The molecule has 2 fully saturated rings. The fourth-order valence-electron chi connectivity index (χ4n) is 5.71. The van der Waals surface area contributed by atoms with Gasteiger partial charge in [-0.25, -0.2) is 9.78 Å². The zero-order chi connectivity index (χ0) is 27.4. The summed E-state index contributed by atoms with van der Waals surface area (Å²) < 4.78 is 50.5. The molecule has 3 aromatic rings. The Kier molecular flexibility index (Phi) is 6.14. The average Bonchev–Trinajstić information content (AvgIpc) is 3.49. The molecule has 2 amide bonds. The highest BCUT2D eigenvalue weighted by Gasteiger charge is 2.49. The van der Waals surface area contributed by atoms with Gasteiger partial charge in [-0.15, -0.1) is 13.2 Å². The Morgan fingerprint density at radius 1 is 1.18 bits per heavy atom. The highest BCUT2D eigenvalue weighted by atomic mass is 35.5. The van der Waals surface area contributed by atoms with E-state index in [-0.39, 0.29) is 11.8 Å². The lowest BCUT2D eigenvalue weighted by atomic mass is 9.72. The molecular weight excluding hydrogens is 537 g/mol. The van der Waals surface area contributed by atoms with Crippen molar-refractivity contribution in [2.24, 2.45) is 0 Å². The number of fused-ring (bicyclic) bond motifs is 2. The summed E-state index contributed by atoms with van der Waals surface area (Å²) >= 11 is 6.47. The molecule has 13 heteroatoms. The van der Waals surface area contributed by atoms with E-state index in [9.17, 15) is 18.0 Å². The van der Waals surface area contributed by atoms with Crippen LogP contribution in [0.1, 0.15) is 36.9 Å². The van der Waals surface area contributed by atoms with Crippen LogP contribution in [-0.4, -0.2) is 51.8 Å². The van der Waals surface area contributed by atoms with Gasteiger partial charge in [0.25, 0.3) is 0 Å². The number of carbonyl (C=O) groups is 1. The molecule has 1 saturated carbocycles. The predicted molar refractivity (Wildman–Crippen MR) is 136 cm³/mol. The van der Waals surface area contributed by atoms with Crippen LogP contribution in [0.3, 0.4) is 0 Å². The minimum absolute atomic E-state index is 0.191. The van der Waals surface area contributed by atoms with Crippen molar-refractivity contribution in [3.05, 3.63) is 58.9 Å². The maximum absolute atomic E-state index is 13.5. The van der Waals surface area contributed by atoms with E-state index in [0.29, 0.717) is 48.9 Å². The summed E-state index contributed by atoms with van der Waals surface area (Å²) in [4.78, 5) is 19.0. The highest BCUT2D eigenvalue weighted by molar-refractivity contribution is 6.31. The molecule has 3 aliphatic rings. The van der Waals surface area contributed by atoms with Gasteiger partial charge in [-0.3, -0.25) is 4.68 Å². The highest BCUT2D eigenvalue weighted by Crippen LogP contribution is 2.45. The fourth-order valence-corrected chi connectivity index (χ4v) is 6.02. The van der Waals surface area contributed by atoms with Gasteiger partial charge < -0.3 is 25.4 Å². The zero-order valence-electron chi connectivity index (χ0n) is 20.8. The number of rotatable bonds is 4. The molecule has 39 heavy (non-hydrogen) atoms. The van der Waals surface area contributed by atoms with E-state index in [2.05, 4.69) is 20.1 Å². The molecule has 1 aromatic carbocycles. The number of pyridine rings is 1. The van der Waals surface area contributed by atoms with Crippen molar-refractivity contribution in [1.82, 2.24) is 25.0 Å². The van der Waals surface area contributed by atoms with Crippen LogP contribution < -0.4 is 15.8 Å². The summed E-state index contributed by atoms with van der Waals surface area (Å²) in [6.07, 6.45) is -0.393. The van der Waals surface area contributed by atoms with Crippen LogP contribution in [-0.2, 0) is 22.4 Å². The number of alkyl halides is 3. The number of amides is 2. The Hall–Kier alpha value is -3.51. The van der Waals surface area contributed by atoms with Crippen LogP contribution >= 0.6 is 11.6 Å². The van der Waals surface area contributed by atoms with E-state index >= 15 is 0 Å². The monoisotopic (exact) mass is 562 g/mol. The number of nitrogens with two attached hydrogens (primary N) is 1. The Balaban J connectivity index is 1.23. The number of halogens is 4. The van der Waals surface area contributed by atoms with Gasteiger partial charge >= 0.3 is 12.4 Å². The first-order valence-corrected chi connectivity index (χ1v) is 13.0. The van der Waals surface area contributed by atoms with Crippen molar-refractivity contribution >= 4 is 23.4 Å². The summed E-state index contributed by atoms with van der Waals surface area (Å²) in [7, 11) is 0. The van der Waals surface area contributed by atoms with E-state index in [1.165, 1.54) is 12.3 Å². The summed E-state index contributed by atoms with van der Waals surface area (Å²) in [6, 6.07) is 10.3. The van der Waals surface area contributed by atoms with Crippen molar-refractivity contribution in [3.8, 4) is 17.0 Å². The molecule has 1 saturated heterocycles. The number of urea groups is 1. The number of nitrogens with one attached hydrogen (secondary N) is 1. The van der Waals surface area contributed by atoms with Crippen LogP contribution in [0.2, 0.25) is 5.02 Å². The van der Waals surface area contributed by atoms with E-state index in [0.717, 1.165) is 30.5 Å². The number of nitrogen functional groups attached to an aromatic ring is 1. The molecule has 9 nitrogen and oxygen atoms in total. The molecule has 206 valence electrons. The Labute approximate surface area is 227 Å². The van der Waals surface area contributed by atoms with Crippen molar-refractivity contribution in [2.45, 2.75) is 49.7 Å². The largest absolute Gasteiger partial charge is 0.573 e. The predicted octanol–water partition coefficient (Wildman–Crippen LogP) is 4.80. The van der Waals surface area contributed by atoms with Crippen LogP contribution in [0.15, 0.2) is 42.6 Å². The molecule has 2 aromatic heterocycles. The smallest absolute Gasteiger partial charge is 0.402 e. The van der Waals surface area contributed by atoms with Crippen LogP contribution in [0.25, 0.3) is 11.3 Å². The molecule has 1 aliphatic carbocycles. The lowest BCUT2D eigenvalue weighted by Crippen LogP contribution is -2.55. The fraction of sp³-hybridized carbons (Fsp3) is 0.423. The second-order valence-corrected chi connectivity index (χ2v) is 10.6. The number of aromatic nitrogens is 3. The van der Waals surface area contributed by atoms with Gasteiger partial charge in [0.1, 0.15) is 5.60 Å². The van der Waals surface area contributed by atoms with Gasteiger partial charge in [-0.05, 0) is 43.0 Å². The number of carbonyl (C=O) groups excluding carboxylic acids is 1. The van der Waals surface area contributed by atoms with Gasteiger partial charge in [-0.1, -0.05) is 29.8 Å². The number of anilines is 1. The average molecular weight is 563 g/mol. The molecular formula is C26H26ClF3N6O3. The lowest BCUT2D eigenvalue weighted by molar-refractivity contribution is -0.274. The first kappa shape index (κ1) is 25.8. The van der Waals surface area contributed by atoms with Crippen LogP contribution in [0.4, 0.5) is 23.8 Å². The molecule has 2 aliphatic heterocycles. The molecule has 1 spiro atoms. The lowest BCUT2D eigenvalue weighted by Gasteiger charge is -2.44. The van der Waals surface area contributed by atoms with Crippen molar-refractivity contribution in [3.63, 3.8) is 0 Å². The number of nitrogens with zero attached hydrogens (tertiary/aromatic N) is 4. The standard InChI is InChI=1S/C26H26ClF3N6O3/c27-18-5-2-1-4-17(18)24(6-3-7-24)33-23(37)35-9-8-25(15-35)21-13-19(34-36(21)10-11-38-25)16-12-20(22(31)32-14-16)39-26(28,29)30/h1-2,4-5,12-14H,3,6-11,15H2,(H2,31,32)(H,33,37)/t25-/m1/s1. The first-order valence-electron chi connectivity index (χ1n) is 12.6. The van der Waals surface area contributed by atoms with E-state index in [4.69, 9.17) is 22.1 Å². The third-order valence-electron chi connectivity index (χ3n) is 7.79. The normalized spacial score (nSPS) is 21.9. The zero-order valence-corrected chi connectivity index (χ0v) is 21.6. The Morgan fingerprint density at radius 2 is 1.97 bits per heavy atom. The number of likely N-dealkylation sites (tertiary alicyclic amines) is 1. The SMILES string of the molecule is Nc1ncc(-c2cc3n(n2)CCO[C@@]32CCN(C(=O)NC3(c4ccccc4Cl)CCC3)C2)cc1OC(F)(F)F. The second-order valence-electron chi connectivity index (χ2n) is 10.2. The quantitative estimate of drug-likeness (QED) is 0.473. The molecule has 3 N–H and O–H groups in total. The number of hydrogen-bond donors (Lipinski definition) is 2. The summed E-state index contributed by atoms with van der Waals surface area (Å²) in [6.45, 7) is 1.63. The number of benzene rings is 1. The van der Waals surface area contributed by atoms with Gasteiger partial charge in [0.15, 0.2) is 11.6 Å². The molecule has 1 atom stereocenters. The first-order chi connectivity index (χ1) is 18.6. The van der Waals surface area contributed by atoms with Crippen LogP contribution in [0.5, 0.6) is 5.75 Å². The third kappa shape index (κ3) is 4.65. The van der Waals surface area contributed by atoms with Gasteiger partial charge in [0.2, 0.25) is 0 Å². The molecule has 0 bridgehead atoms. The summed E-state index contributed by atoms with van der Waals surface area (Å²) in [5, 5.41) is 8.46. The topological polar surface area (TPSA) is 108 Å². The number of hydrogen-bond acceptors (Lipinski definition) is 6. The molecule has 6 rings (SSSR count). The Bertz CT molecular complexity index is 1430. The van der Waals surface area contributed by atoms with E-state index in [1.807, 2.05) is 24.3 Å². The molecule has 0 unspecified atom stereocenters. The maximum Gasteiger partial charge on any atom is 0.573 e. The maximum atomic E-state index is 13.5. The number of ether oxygens (including phenoxy) is 2. The summed E-state index contributed by atoms with van der Waals surface area (Å²) in [5.41, 5.74) is 6.69. The minimum Gasteiger partial charge on any atom is -0.402 e. The summed E-state index contributed by atoms with van der Waals surface area (Å²) in [5.74, 6) is -0.970. The van der Waals surface area contributed by atoms with Crippen molar-refractivity contribution in [2.75, 3.05) is 25.4 Å².